The van der Waals surface area contributed by atoms with Gasteiger partial charge in [-0.05, 0) is 51.1 Å². The van der Waals surface area contributed by atoms with Gasteiger partial charge in [-0.25, -0.2) is 4.68 Å². The summed E-state index contributed by atoms with van der Waals surface area (Å²) in [5, 5.41) is 8.77. The monoisotopic (exact) mass is 361 g/mol. The number of rotatable bonds is 6. The molecule has 1 aliphatic heterocycles. The fourth-order valence-corrected chi connectivity index (χ4v) is 3.58. The van der Waals surface area contributed by atoms with Gasteiger partial charge in [0.25, 0.3) is 5.91 Å². The largest absolute Gasteiger partial charge is 0.336 e. The van der Waals surface area contributed by atoms with Crippen LogP contribution in [0.5, 0.6) is 0 Å². The maximum absolute atomic E-state index is 12.8. The zero-order valence-electron chi connectivity index (χ0n) is 14.7. The fourth-order valence-electron chi connectivity index (χ4n) is 3.40. The molecular weight excluding hydrogens is 338 g/mol. The maximum Gasteiger partial charge on any atom is 0.276 e. The van der Waals surface area contributed by atoms with E-state index in [1.54, 1.807) is 23.0 Å². The zero-order chi connectivity index (χ0) is 17.8. The summed E-state index contributed by atoms with van der Waals surface area (Å²) in [6, 6.07) is 7.76. The second kappa shape index (κ2) is 7.97. The van der Waals surface area contributed by atoms with Gasteiger partial charge in [-0.3, -0.25) is 9.69 Å². The van der Waals surface area contributed by atoms with Crippen molar-refractivity contribution >= 4 is 17.5 Å². The molecule has 0 saturated carbocycles. The van der Waals surface area contributed by atoms with Crippen LogP contribution >= 0.6 is 11.6 Å². The first kappa shape index (κ1) is 17.9. The van der Waals surface area contributed by atoms with E-state index < -0.39 is 0 Å². The van der Waals surface area contributed by atoms with Crippen molar-refractivity contribution in [1.29, 1.82) is 0 Å². The summed E-state index contributed by atoms with van der Waals surface area (Å²) in [5.74, 6) is -0.0706. The third-order valence-electron chi connectivity index (χ3n) is 4.79. The molecule has 0 aliphatic carbocycles. The summed E-state index contributed by atoms with van der Waals surface area (Å²) in [7, 11) is 0. The molecule has 3 rings (SSSR count). The number of nitrogens with zero attached hydrogens (tertiary/aromatic N) is 5. The molecule has 25 heavy (non-hydrogen) atoms. The van der Waals surface area contributed by atoms with Crippen molar-refractivity contribution in [1.82, 2.24) is 24.8 Å². The normalized spacial score (nSPS) is 17.8. The molecule has 2 heterocycles. The van der Waals surface area contributed by atoms with E-state index in [0.29, 0.717) is 23.3 Å². The van der Waals surface area contributed by atoms with Gasteiger partial charge in [0.05, 0.1) is 11.9 Å². The molecular formula is C18H24ClN5O. The lowest BCUT2D eigenvalue weighted by atomic mass is 10.2. The topological polar surface area (TPSA) is 54.3 Å². The third kappa shape index (κ3) is 4.02. The fraction of sp³-hybridized carbons (Fsp3) is 0.500. The number of hydrogen-bond donors (Lipinski definition) is 0. The molecule has 1 amide bonds. The molecule has 0 spiro atoms. The zero-order valence-corrected chi connectivity index (χ0v) is 15.5. The van der Waals surface area contributed by atoms with E-state index in [4.69, 9.17) is 11.6 Å². The van der Waals surface area contributed by atoms with Crippen LogP contribution in [-0.2, 0) is 0 Å². The van der Waals surface area contributed by atoms with E-state index in [1.165, 1.54) is 6.42 Å². The Labute approximate surface area is 153 Å². The minimum absolute atomic E-state index is 0.0706. The van der Waals surface area contributed by atoms with Gasteiger partial charge in [-0.1, -0.05) is 29.8 Å². The summed E-state index contributed by atoms with van der Waals surface area (Å²) in [5.41, 5.74) is 1.15. The molecule has 1 fully saturated rings. The van der Waals surface area contributed by atoms with Crippen LogP contribution < -0.4 is 0 Å². The summed E-state index contributed by atoms with van der Waals surface area (Å²) < 4.78 is 1.58. The first-order valence-corrected chi connectivity index (χ1v) is 9.21. The predicted octanol–water partition coefficient (Wildman–Crippen LogP) is 2.87. The lowest BCUT2D eigenvalue weighted by Crippen LogP contribution is -2.43. The van der Waals surface area contributed by atoms with Crippen molar-refractivity contribution in [3.05, 3.63) is 41.2 Å². The molecule has 1 aromatic carbocycles. The second-order valence-electron chi connectivity index (χ2n) is 6.30. The van der Waals surface area contributed by atoms with E-state index in [9.17, 15) is 4.79 Å². The average molecular weight is 362 g/mol. The van der Waals surface area contributed by atoms with Gasteiger partial charge in [0.1, 0.15) is 0 Å². The molecule has 0 radical (unpaired) electrons. The Hall–Kier alpha value is -1.92. The lowest BCUT2D eigenvalue weighted by molar-refractivity contribution is 0.0711. The number of aromatic nitrogens is 3. The number of halogens is 1. The Bertz CT molecular complexity index is 732. The molecule has 134 valence electrons. The Balaban J connectivity index is 1.73. The quantitative estimate of drug-likeness (QED) is 0.793. The minimum atomic E-state index is -0.0706. The van der Waals surface area contributed by atoms with Crippen molar-refractivity contribution in [2.45, 2.75) is 32.7 Å². The van der Waals surface area contributed by atoms with Crippen LogP contribution in [0.3, 0.4) is 0 Å². The van der Waals surface area contributed by atoms with Crippen LogP contribution in [0.25, 0.3) is 5.69 Å². The van der Waals surface area contributed by atoms with Gasteiger partial charge in [0.15, 0.2) is 5.69 Å². The summed E-state index contributed by atoms with van der Waals surface area (Å²) in [6.45, 7) is 7.74. The Morgan fingerprint density at radius 3 is 2.96 bits per heavy atom. The van der Waals surface area contributed by atoms with Gasteiger partial charge in [-0.2, -0.15) is 0 Å². The van der Waals surface area contributed by atoms with Crippen LogP contribution in [0, 0.1) is 0 Å². The lowest BCUT2D eigenvalue weighted by Gasteiger charge is -2.29. The van der Waals surface area contributed by atoms with E-state index in [2.05, 4.69) is 22.1 Å². The number of benzene rings is 1. The summed E-state index contributed by atoms with van der Waals surface area (Å²) >= 11 is 6.02. The second-order valence-corrected chi connectivity index (χ2v) is 6.73. The standard InChI is InChI=1S/C18H24ClN5O/c1-3-22-10-6-9-16(22)12-23(4-2)18(25)17-13-24(21-20-17)15-8-5-7-14(19)11-15/h5,7-8,11,13,16H,3-4,6,9-10,12H2,1-2H3. The SMILES string of the molecule is CCN(CC1CCCN1CC)C(=O)c1cn(-c2cccc(Cl)c2)nn1. The molecule has 2 aromatic rings. The highest BCUT2D eigenvalue weighted by Crippen LogP contribution is 2.19. The van der Waals surface area contributed by atoms with E-state index >= 15 is 0 Å². The number of carbonyl (C=O) groups excluding carboxylic acids is 1. The van der Waals surface area contributed by atoms with Gasteiger partial charge in [-0.15, -0.1) is 5.10 Å². The summed E-state index contributed by atoms with van der Waals surface area (Å²) in [6.07, 6.45) is 4.02. The molecule has 1 aromatic heterocycles. The molecule has 0 N–H and O–H groups in total. The third-order valence-corrected chi connectivity index (χ3v) is 5.03. The van der Waals surface area contributed by atoms with Crippen LogP contribution in [0.4, 0.5) is 0 Å². The molecule has 0 bridgehead atoms. The van der Waals surface area contributed by atoms with Crippen molar-refractivity contribution in [2.75, 3.05) is 26.2 Å². The number of likely N-dealkylation sites (N-methyl/N-ethyl adjacent to an activating group) is 2. The van der Waals surface area contributed by atoms with Crippen molar-refractivity contribution < 1.29 is 4.79 Å². The molecule has 1 atom stereocenters. The van der Waals surface area contributed by atoms with Gasteiger partial charge in [0, 0.05) is 24.2 Å². The highest BCUT2D eigenvalue weighted by atomic mass is 35.5. The average Bonchev–Trinajstić information content (AvgIpc) is 3.28. The van der Waals surface area contributed by atoms with Crippen LogP contribution in [-0.4, -0.2) is 62.9 Å². The Morgan fingerprint density at radius 1 is 1.40 bits per heavy atom. The number of hydrogen-bond acceptors (Lipinski definition) is 4. The number of amides is 1. The van der Waals surface area contributed by atoms with E-state index in [-0.39, 0.29) is 5.91 Å². The van der Waals surface area contributed by atoms with E-state index in [0.717, 1.165) is 31.7 Å². The first-order chi connectivity index (χ1) is 12.1. The Morgan fingerprint density at radius 2 is 2.24 bits per heavy atom. The predicted molar refractivity (Wildman–Crippen MR) is 98.2 cm³/mol. The van der Waals surface area contributed by atoms with Crippen LogP contribution in [0.1, 0.15) is 37.2 Å². The molecule has 1 saturated heterocycles. The van der Waals surface area contributed by atoms with E-state index in [1.807, 2.05) is 24.0 Å². The summed E-state index contributed by atoms with van der Waals surface area (Å²) in [4.78, 5) is 17.1. The molecule has 1 unspecified atom stereocenters. The van der Waals surface area contributed by atoms with Crippen LogP contribution in [0.2, 0.25) is 5.02 Å². The first-order valence-electron chi connectivity index (χ1n) is 8.84. The van der Waals surface area contributed by atoms with Crippen LogP contribution in [0.15, 0.2) is 30.5 Å². The van der Waals surface area contributed by atoms with Gasteiger partial charge >= 0.3 is 0 Å². The van der Waals surface area contributed by atoms with Crippen molar-refractivity contribution in [3.8, 4) is 5.69 Å². The Kier molecular flexibility index (Phi) is 5.71. The van der Waals surface area contributed by atoms with Crippen molar-refractivity contribution in [2.24, 2.45) is 0 Å². The maximum atomic E-state index is 12.8. The minimum Gasteiger partial charge on any atom is -0.336 e. The number of carbonyl (C=O) groups is 1. The number of likely N-dealkylation sites (tertiary alicyclic amines) is 1. The molecule has 7 heteroatoms. The highest BCUT2D eigenvalue weighted by molar-refractivity contribution is 6.30. The smallest absolute Gasteiger partial charge is 0.276 e. The molecule has 1 aliphatic rings. The van der Waals surface area contributed by atoms with Gasteiger partial charge in [0.2, 0.25) is 0 Å². The van der Waals surface area contributed by atoms with Gasteiger partial charge < -0.3 is 4.90 Å². The van der Waals surface area contributed by atoms with Crippen molar-refractivity contribution in [3.63, 3.8) is 0 Å². The molecule has 6 nitrogen and oxygen atoms in total. The highest BCUT2D eigenvalue weighted by Gasteiger charge is 2.27.